The lowest BCUT2D eigenvalue weighted by molar-refractivity contribution is -0.123. The summed E-state index contributed by atoms with van der Waals surface area (Å²) >= 11 is 0. The van der Waals surface area contributed by atoms with Gasteiger partial charge in [-0.15, -0.1) is 0 Å². The summed E-state index contributed by atoms with van der Waals surface area (Å²) in [6.45, 7) is 0.377. The second-order valence-corrected chi connectivity index (χ2v) is 6.98. The summed E-state index contributed by atoms with van der Waals surface area (Å²) in [5.41, 5.74) is 3.01. The van der Waals surface area contributed by atoms with Crippen molar-refractivity contribution in [2.75, 3.05) is 19.0 Å². The zero-order valence-corrected chi connectivity index (χ0v) is 16.6. The smallest absolute Gasteiger partial charge is 0.287 e. The van der Waals surface area contributed by atoms with Crippen molar-refractivity contribution >= 4 is 17.5 Å². The zero-order chi connectivity index (χ0) is 20.6. The third-order valence-corrected chi connectivity index (χ3v) is 4.54. The fourth-order valence-corrected chi connectivity index (χ4v) is 2.95. The molecule has 0 aliphatic heterocycles. The van der Waals surface area contributed by atoms with Crippen molar-refractivity contribution in [2.45, 2.75) is 19.0 Å². The van der Waals surface area contributed by atoms with Gasteiger partial charge in [0, 0.05) is 32.7 Å². The number of carbonyl (C=O) groups is 2. The molecule has 0 aliphatic rings. The number of nitrogens with zero attached hydrogens (tertiary/aromatic N) is 1. The average molecular weight is 391 g/mol. The minimum atomic E-state index is -0.716. The molecular formula is C23H25N3O3. The van der Waals surface area contributed by atoms with Crippen LogP contribution in [0.15, 0.2) is 77.4 Å². The number of hydrogen-bond donors (Lipinski definition) is 2. The van der Waals surface area contributed by atoms with Gasteiger partial charge < -0.3 is 20.0 Å². The van der Waals surface area contributed by atoms with Crippen molar-refractivity contribution in [3.63, 3.8) is 0 Å². The van der Waals surface area contributed by atoms with Crippen molar-refractivity contribution in [2.24, 2.45) is 0 Å². The molecule has 0 saturated heterocycles. The highest BCUT2D eigenvalue weighted by molar-refractivity contribution is 5.95. The lowest BCUT2D eigenvalue weighted by atomic mass is 10.0. The molecular weight excluding hydrogens is 366 g/mol. The van der Waals surface area contributed by atoms with E-state index in [9.17, 15) is 9.59 Å². The second kappa shape index (κ2) is 9.59. The van der Waals surface area contributed by atoms with Gasteiger partial charge in [-0.25, -0.2) is 0 Å². The number of rotatable bonds is 8. The number of nitrogens with one attached hydrogen (secondary N) is 2. The number of hydrogen-bond acceptors (Lipinski definition) is 4. The Kier molecular flexibility index (Phi) is 6.68. The molecule has 150 valence electrons. The van der Waals surface area contributed by atoms with E-state index in [1.807, 2.05) is 73.6 Å². The molecule has 3 aromatic rings. The van der Waals surface area contributed by atoms with Gasteiger partial charge in [0.15, 0.2) is 5.76 Å². The predicted octanol–water partition coefficient (Wildman–Crippen LogP) is 3.00. The summed E-state index contributed by atoms with van der Waals surface area (Å²) in [5, 5.41) is 5.71. The summed E-state index contributed by atoms with van der Waals surface area (Å²) in [7, 11) is 3.94. The Bertz CT molecular complexity index is 937. The Morgan fingerprint density at radius 2 is 1.72 bits per heavy atom. The van der Waals surface area contributed by atoms with Crippen LogP contribution >= 0.6 is 0 Å². The quantitative estimate of drug-likeness (QED) is 0.619. The van der Waals surface area contributed by atoms with E-state index in [-0.39, 0.29) is 11.7 Å². The fourth-order valence-electron chi connectivity index (χ4n) is 2.95. The highest BCUT2D eigenvalue weighted by Gasteiger charge is 2.23. The van der Waals surface area contributed by atoms with Crippen molar-refractivity contribution in [1.82, 2.24) is 10.6 Å². The zero-order valence-electron chi connectivity index (χ0n) is 16.6. The molecule has 3 rings (SSSR count). The minimum absolute atomic E-state index is 0.176. The molecule has 1 aromatic heterocycles. The molecule has 0 spiro atoms. The maximum atomic E-state index is 12.9. The summed E-state index contributed by atoms with van der Waals surface area (Å²) < 4.78 is 5.14. The summed E-state index contributed by atoms with van der Waals surface area (Å²) in [4.78, 5) is 27.3. The largest absolute Gasteiger partial charge is 0.459 e. The molecule has 2 N–H and O–H groups in total. The highest BCUT2D eigenvalue weighted by Crippen LogP contribution is 2.13. The molecule has 0 saturated carbocycles. The number of amides is 2. The van der Waals surface area contributed by atoms with Crippen LogP contribution < -0.4 is 15.5 Å². The monoisotopic (exact) mass is 391 g/mol. The maximum Gasteiger partial charge on any atom is 0.287 e. The summed E-state index contributed by atoms with van der Waals surface area (Å²) in [6.07, 6.45) is 1.82. The standard InChI is InChI=1S/C23H25N3O3/c1-26(2)19-11-6-10-18(14-19)16-24-22(27)20(15-17-8-4-3-5-9-17)25-23(28)21-12-7-13-29-21/h3-14,20H,15-16H2,1-2H3,(H,24,27)(H,25,28). The maximum absolute atomic E-state index is 12.9. The lowest BCUT2D eigenvalue weighted by Gasteiger charge is -2.19. The minimum Gasteiger partial charge on any atom is -0.459 e. The molecule has 6 heteroatoms. The van der Waals surface area contributed by atoms with Gasteiger partial charge in [0.05, 0.1) is 6.26 Å². The van der Waals surface area contributed by atoms with E-state index < -0.39 is 11.9 Å². The molecule has 1 heterocycles. The molecule has 29 heavy (non-hydrogen) atoms. The summed E-state index contributed by atoms with van der Waals surface area (Å²) in [6, 6.07) is 20.0. The van der Waals surface area contributed by atoms with E-state index in [1.54, 1.807) is 12.1 Å². The molecule has 6 nitrogen and oxygen atoms in total. The number of anilines is 1. The highest BCUT2D eigenvalue weighted by atomic mass is 16.3. The Morgan fingerprint density at radius 3 is 2.41 bits per heavy atom. The first-order valence-electron chi connectivity index (χ1n) is 9.45. The van der Waals surface area contributed by atoms with Gasteiger partial charge in [-0.05, 0) is 35.4 Å². The van der Waals surface area contributed by atoms with Crippen LogP contribution in [0.5, 0.6) is 0 Å². The molecule has 1 atom stereocenters. The Hall–Kier alpha value is -3.54. The first kappa shape index (κ1) is 20.2. The Labute approximate surface area is 170 Å². The number of carbonyl (C=O) groups excluding carboxylic acids is 2. The van der Waals surface area contributed by atoms with E-state index in [0.717, 1.165) is 16.8 Å². The van der Waals surface area contributed by atoms with Crippen LogP contribution in [-0.2, 0) is 17.8 Å². The van der Waals surface area contributed by atoms with E-state index in [1.165, 1.54) is 6.26 Å². The van der Waals surface area contributed by atoms with Crippen LogP contribution in [0, 0.1) is 0 Å². The van der Waals surface area contributed by atoms with Gasteiger partial charge in [0.2, 0.25) is 5.91 Å². The molecule has 0 aliphatic carbocycles. The summed E-state index contributed by atoms with van der Waals surface area (Å²) in [5.74, 6) is -0.487. The second-order valence-electron chi connectivity index (χ2n) is 6.98. The first-order chi connectivity index (χ1) is 14.0. The molecule has 2 amide bonds. The number of furan rings is 1. The van der Waals surface area contributed by atoms with Gasteiger partial charge >= 0.3 is 0 Å². The van der Waals surface area contributed by atoms with Gasteiger partial charge in [0.1, 0.15) is 6.04 Å². The Balaban J connectivity index is 1.69. The van der Waals surface area contributed by atoms with E-state index in [2.05, 4.69) is 10.6 Å². The van der Waals surface area contributed by atoms with Gasteiger partial charge in [0.25, 0.3) is 5.91 Å². The lowest BCUT2D eigenvalue weighted by Crippen LogP contribution is -2.47. The van der Waals surface area contributed by atoms with Gasteiger partial charge in [-0.2, -0.15) is 0 Å². The van der Waals surface area contributed by atoms with E-state index in [4.69, 9.17) is 4.42 Å². The van der Waals surface area contributed by atoms with Crippen LogP contribution in [0.4, 0.5) is 5.69 Å². The molecule has 0 radical (unpaired) electrons. The first-order valence-corrected chi connectivity index (χ1v) is 9.45. The van der Waals surface area contributed by atoms with Gasteiger partial charge in [-0.1, -0.05) is 42.5 Å². The van der Waals surface area contributed by atoms with E-state index in [0.29, 0.717) is 13.0 Å². The van der Waals surface area contributed by atoms with Crippen molar-refractivity contribution in [3.8, 4) is 0 Å². The van der Waals surface area contributed by atoms with Crippen LogP contribution in [-0.4, -0.2) is 32.0 Å². The van der Waals surface area contributed by atoms with Crippen molar-refractivity contribution in [3.05, 3.63) is 89.9 Å². The number of benzene rings is 2. The third-order valence-electron chi connectivity index (χ3n) is 4.54. The third kappa shape index (κ3) is 5.72. The van der Waals surface area contributed by atoms with Gasteiger partial charge in [-0.3, -0.25) is 9.59 Å². The molecule has 0 bridgehead atoms. The molecule has 2 aromatic carbocycles. The van der Waals surface area contributed by atoms with E-state index >= 15 is 0 Å². The van der Waals surface area contributed by atoms with Crippen LogP contribution in [0.2, 0.25) is 0 Å². The molecule has 1 unspecified atom stereocenters. The van der Waals surface area contributed by atoms with Crippen LogP contribution in [0.3, 0.4) is 0 Å². The van der Waals surface area contributed by atoms with Crippen molar-refractivity contribution in [1.29, 1.82) is 0 Å². The topological polar surface area (TPSA) is 74.6 Å². The Morgan fingerprint density at radius 1 is 0.966 bits per heavy atom. The average Bonchev–Trinajstić information content (AvgIpc) is 3.27. The SMILES string of the molecule is CN(C)c1cccc(CNC(=O)C(Cc2ccccc2)NC(=O)c2ccco2)c1. The predicted molar refractivity (Wildman–Crippen MR) is 113 cm³/mol. The van der Waals surface area contributed by atoms with Crippen LogP contribution in [0.25, 0.3) is 0 Å². The fraction of sp³-hybridized carbons (Fsp3) is 0.217. The molecule has 0 fully saturated rings. The van der Waals surface area contributed by atoms with Crippen molar-refractivity contribution < 1.29 is 14.0 Å². The van der Waals surface area contributed by atoms with Crippen LogP contribution in [0.1, 0.15) is 21.7 Å². The normalized spacial score (nSPS) is 11.5.